The summed E-state index contributed by atoms with van der Waals surface area (Å²) in [5.74, 6) is 0. The highest BCUT2D eigenvalue weighted by Gasteiger charge is 2.34. The number of halogens is 1. The third-order valence-electron chi connectivity index (χ3n) is 3.06. The van der Waals surface area contributed by atoms with Gasteiger partial charge in [0, 0.05) is 13.2 Å². The van der Waals surface area contributed by atoms with Crippen molar-refractivity contribution in [3.8, 4) is 0 Å². The largest absolute Gasteiger partial charge is 0.377 e. The monoisotopic (exact) mass is 303 g/mol. The maximum atomic E-state index is 5.58. The highest BCUT2D eigenvalue weighted by atomic mass is 79.9. The Morgan fingerprint density at radius 3 is 2.47 bits per heavy atom. The second kappa shape index (κ2) is 5.50. The third-order valence-corrected chi connectivity index (χ3v) is 3.67. The lowest BCUT2D eigenvalue weighted by molar-refractivity contribution is -0.0118. The Morgan fingerprint density at radius 2 is 2.06 bits per heavy atom. The molecule has 0 bridgehead atoms. The molecule has 17 heavy (non-hydrogen) atoms. The molecular formula is C12H22BrN3O. The first kappa shape index (κ1) is 14.7. The number of likely N-dealkylation sites (N-methyl/N-ethyl adjacent to an activating group) is 1. The summed E-state index contributed by atoms with van der Waals surface area (Å²) in [6.45, 7) is 8.38. The summed E-state index contributed by atoms with van der Waals surface area (Å²) in [5.41, 5.74) is 0.818. The summed E-state index contributed by atoms with van der Waals surface area (Å²) in [4.78, 5) is 0. The number of aromatic nitrogens is 2. The molecule has 5 heteroatoms. The summed E-state index contributed by atoms with van der Waals surface area (Å²) >= 11 is 3.57. The summed E-state index contributed by atoms with van der Waals surface area (Å²) in [5, 5.41) is 7.72. The van der Waals surface area contributed by atoms with Crippen LogP contribution in [0.3, 0.4) is 0 Å². The molecule has 0 amide bonds. The zero-order valence-corrected chi connectivity index (χ0v) is 13.0. The van der Waals surface area contributed by atoms with Crippen LogP contribution in [0.4, 0.5) is 0 Å². The van der Waals surface area contributed by atoms with Crippen LogP contribution < -0.4 is 5.32 Å². The van der Waals surface area contributed by atoms with Crippen LogP contribution in [0.25, 0.3) is 0 Å². The van der Waals surface area contributed by atoms with Crippen molar-refractivity contribution in [1.29, 1.82) is 0 Å². The van der Waals surface area contributed by atoms with Crippen molar-refractivity contribution in [3.05, 3.63) is 16.4 Å². The van der Waals surface area contributed by atoms with Gasteiger partial charge in [-0.1, -0.05) is 0 Å². The highest BCUT2D eigenvalue weighted by Crippen LogP contribution is 2.33. The molecule has 98 valence electrons. The van der Waals surface area contributed by atoms with Gasteiger partial charge in [-0.05, 0) is 50.7 Å². The number of methoxy groups -OCH3 is 1. The second-order valence-corrected chi connectivity index (χ2v) is 5.80. The molecule has 1 rings (SSSR count). The molecule has 0 aromatic carbocycles. The molecule has 0 aliphatic heterocycles. The van der Waals surface area contributed by atoms with Crippen molar-refractivity contribution in [1.82, 2.24) is 15.1 Å². The van der Waals surface area contributed by atoms with E-state index in [1.807, 2.05) is 17.9 Å². The quantitative estimate of drug-likeness (QED) is 0.909. The van der Waals surface area contributed by atoms with E-state index in [-0.39, 0.29) is 11.6 Å². The Balaban J connectivity index is 3.25. The van der Waals surface area contributed by atoms with E-state index < -0.39 is 0 Å². The van der Waals surface area contributed by atoms with E-state index in [0.717, 1.165) is 10.2 Å². The van der Waals surface area contributed by atoms with Gasteiger partial charge in [-0.15, -0.1) is 0 Å². The smallest absolute Gasteiger partial charge is 0.0832 e. The van der Waals surface area contributed by atoms with Crippen LogP contribution in [0.2, 0.25) is 0 Å². The number of rotatable bonds is 5. The Labute approximate surface area is 112 Å². The third kappa shape index (κ3) is 2.89. The van der Waals surface area contributed by atoms with Crippen molar-refractivity contribution in [2.45, 2.75) is 45.4 Å². The van der Waals surface area contributed by atoms with Crippen LogP contribution in [0.5, 0.6) is 0 Å². The number of hydrogen-bond acceptors (Lipinski definition) is 3. The van der Waals surface area contributed by atoms with Gasteiger partial charge in [-0.2, -0.15) is 5.10 Å². The van der Waals surface area contributed by atoms with Gasteiger partial charge in [0.15, 0.2) is 0 Å². The van der Waals surface area contributed by atoms with E-state index in [9.17, 15) is 0 Å². The SMILES string of the molecule is CNC(c1c(Br)cnn1C(C)C)C(C)(C)OC. The summed E-state index contributed by atoms with van der Waals surface area (Å²) < 4.78 is 8.61. The van der Waals surface area contributed by atoms with Gasteiger partial charge in [0.1, 0.15) is 0 Å². The molecule has 1 aromatic heterocycles. The van der Waals surface area contributed by atoms with Crippen molar-refractivity contribution >= 4 is 15.9 Å². The van der Waals surface area contributed by atoms with Crippen molar-refractivity contribution in [2.75, 3.05) is 14.2 Å². The zero-order valence-electron chi connectivity index (χ0n) is 11.4. The van der Waals surface area contributed by atoms with E-state index >= 15 is 0 Å². The molecular weight excluding hydrogens is 282 g/mol. The molecule has 0 spiro atoms. The van der Waals surface area contributed by atoms with Crippen LogP contribution in [0.1, 0.15) is 45.5 Å². The Bertz CT molecular complexity index is 374. The lowest BCUT2D eigenvalue weighted by Crippen LogP contribution is -2.40. The summed E-state index contributed by atoms with van der Waals surface area (Å²) in [6.07, 6.45) is 1.84. The fourth-order valence-electron chi connectivity index (χ4n) is 1.96. The minimum absolute atomic E-state index is 0.0757. The molecule has 0 saturated carbocycles. The van der Waals surface area contributed by atoms with E-state index in [4.69, 9.17) is 4.74 Å². The predicted octanol–water partition coefficient (Wildman–Crippen LogP) is 2.91. The molecule has 0 fully saturated rings. The fourth-order valence-corrected chi connectivity index (χ4v) is 2.47. The molecule has 1 N–H and O–H groups in total. The number of ether oxygens (including phenoxy) is 1. The average molecular weight is 304 g/mol. The summed E-state index contributed by atoms with van der Waals surface area (Å²) in [6, 6.07) is 0.395. The first-order valence-electron chi connectivity index (χ1n) is 5.80. The molecule has 4 nitrogen and oxygen atoms in total. The first-order chi connectivity index (χ1) is 7.85. The van der Waals surface area contributed by atoms with Crippen LogP contribution >= 0.6 is 15.9 Å². The van der Waals surface area contributed by atoms with Crippen molar-refractivity contribution < 1.29 is 4.74 Å². The average Bonchev–Trinajstić information content (AvgIpc) is 2.62. The lowest BCUT2D eigenvalue weighted by Gasteiger charge is -2.34. The normalized spacial score (nSPS) is 14.4. The first-order valence-corrected chi connectivity index (χ1v) is 6.59. The van der Waals surface area contributed by atoms with Gasteiger partial charge in [0.05, 0.1) is 28.0 Å². The topological polar surface area (TPSA) is 39.1 Å². The van der Waals surface area contributed by atoms with Gasteiger partial charge in [-0.3, -0.25) is 4.68 Å². The Hall–Kier alpha value is -0.390. The molecule has 1 atom stereocenters. The van der Waals surface area contributed by atoms with Crippen LogP contribution in [-0.2, 0) is 4.74 Å². The van der Waals surface area contributed by atoms with Gasteiger partial charge in [0.25, 0.3) is 0 Å². The van der Waals surface area contributed by atoms with Gasteiger partial charge < -0.3 is 10.1 Å². The molecule has 1 heterocycles. The van der Waals surface area contributed by atoms with Crippen LogP contribution in [-0.4, -0.2) is 29.5 Å². The Kier molecular flexibility index (Phi) is 4.75. The number of hydrogen-bond donors (Lipinski definition) is 1. The fraction of sp³-hybridized carbons (Fsp3) is 0.750. The molecule has 0 aliphatic rings. The number of nitrogens with zero attached hydrogens (tertiary/aromatic N) is 2. The van der Waals surface area contributed by atoms with Gasteiger partial charge in [0.2, 0.25) is 0 Å². The second-order valence-electron chi connectivity index (χ2n) is 4.95. The minimum Gasteiger partial charge on any atom is -0.377 e. The minimum atomic E-state index is -0.302. The Morgan fingerprint density at radius 1 is 1.47 bits per heavy atom. The molecule has 0 saturated heterocycles. The van der Waals surface area contributed by atoms with Crippen molar-refractivity contribution in [2.24, 2.45) is 0 Å². The van der Waals surface area contributed by atoms with Gasteiger partial charge >= 0.3 is 0 Å². The van der Waals surface area contributed by atoms with E-state index in [0.29, 0.717) is 6.04 Å². The van der Waals surface area contributed by atoms with Crippen molar-refractivity contribution in [3.63, 3.8) is 0 Å². The molecule has 0 aliphatic carbocycles. The van der Waals surface area contributed by atoms with Gasteiger partial charge in [-0.25, -0.2) is 0 Å². The summed E-state index contributed by atoms with van der Waals surface area (Å²) in [7, 11) is 3.67. The molecule has 1 unspecified atom stereocenters. The van der Waals surface area contributed by atoms with Crippen LogP contribution in [0, 0.1) is 0 Å². The highest BCUT2D eigenvalue weighted by molar-refractivity contribution is 9.10. The van der Waals surface area contributed by atoms with E-state index in [1.54, 1.807) is 7.11 Å². The molecule has 1 aromatic rings. The predicted molar refractivity (Wildman–Crippen MR) is 73.2 cm³/mol. The molecule has 0 radical (unpaired) electrons. The maximum Gasteiger partial charge on any atom is 0.0832 e. The standard InChI is InChI=1S/C12H22BrN3O/c1-8(2)16-10(9(13)7-15-16)11(14-5)12(3,4)17-6/h7-8,11,14H,1-6H3. The number of nitrogens with one attached hydrogen (secondary N) is 1. The van der Waals surface area contributed by atoms with Crippen LogP contribution in [0.15, 0.2) is 10.7 Å². The van der Waals surface area contributed by atoms with E-state index in [2.05, 4.69) is 54.0 Å². The zero-order chi connectivity index (χ0) is 13.2. The lowest BCUT2D eigenvalue weighted by atomic mass is 9.95. The maximum absolute atomic E-state index is 5.58. The van der Waals surface area contributed by atoms with E-state index in [1.165, 1.54) is 0 Å².